The molecular formula is C13H10N8O5. The van der Waals surface area contributed by atoms with E-state index in [-0.39, 0.29) is 35.5 Å². The molecule has 0 saturated heterocycles. The number of hydrogen-bond acceptors (Lipinski definition) is 8. The molecule has 2 aromatic heterocycles. The standard InChI is InChI=1S/C13H10N8O5/c22-10(16-13-17-19-20-18-13)4-1-5-6(2-4)9-7(3-8(5)21(25)26)14-11(23)12(24)15-9/h3-4H,1-2H2,(H,14,23)(H,15,24)(H2,16,17,18,19,20,22)/t4-/m1/s1. The van der Waals surface area contributed by atoms with Gasteiger partial charge in [0, 0.05) is 17.5 Å². The fourth-order valence-electron chi connectivity index (χ4n) is 3.15. The van der Waals surface area contributed by atoms with Gasteiger partial charge in [0.2, 0.25) is 5.91 Å². The van der Waals surface area contributed by atoms with Gasteiger partial charge in [-0.25, -0.2) is 0 Å². The van der Waals surface area contributed by atoms with E-state index in [4.69, 9.17) is 0 Å². The maximum Gasteiger partial charge on any atom is 0.314 e. The van der Waals surface area contributed by atoms with E-state index in [2.05, 4.69) is 35.9 Å². The van der Waals surface area contributed by atoms with E-state index in [0.717, 1.165) is 0 Å². The van der Waals surface area contributed by atoms with Crippen LogP contribution in [0.15, 0.2) is 15.7 Å². The normalized spacial score (nSPS) is 15.8. The molecule has 2 heterocycles. The highest BCUT2D eigenvalue weighted by Gasteiger charge is 2.35. The van der Waals surface area contributed by atoms with Crippen molar-refractivity contribution in [3.63, 3.8) is 0 Å². The van der Waals surface area contributed by atoms with Gasteiger partial charge in [-0.3, -0.25) is 29.8 Å². The van der Waals surface area contributed by atoms with Crippen molar-refractivity contribution in [1.29, 1.82) is 0 Å². The summed E-state index contributed by atoms with van der Waals surface area (Å²) in [5.74, 6) is -1.07. The smallest absolute Gasteiger partial charge is 0.314 e. The van der Waals surface area contributed by atoms with Gasteiger partial charge in [0.05, 0.1) is 16.0 Å². The zero-order valence-corrected chi connectivity index (χ0v) is 12.9. The molecule has 1 atom stereocenters. The summed E-state index contributed by atoms with van der Waals surface area (Å²) >= 11 is 0. The number of tetrazole rings is 1. The van der Waals surface area contributed by atoms with Crippen LogP contribution in [0, 0.1) is 16.0 Å². The fourth-order valence-corrected chi connectivity index (χ4v) is 3.15. The highest BCUT2D eigenvalue weighted by Crippen LogP contribution is 2.37. The average molecular weight is 358 g/mol. The minimum absolute atomic E-state index is 0.0111. The van der Waals surface area contributed by atoms with Crippen LogP contribution >= 0.6 is 0 Å². The van der Waals surface area contributed by atoms with Crippen molar-refractivity contribution >= 4 is 28.6 Å². The lowest BCUT2D eigenvalue weighted by atomic mass is 10.1. The first kappa shape index (κ1) is 15.6. The zero-order chi connectivity index (χ0) is 18.4. The number of H-pyrrole nitrogens is 3. The van der Waals surface area contributed by atoms with Crippen molar-refractivity contribution in [2.45, 2.75) is 12.8 Å². The van der Waals surface area contributed by atoms with Gasteiger partial charge < -0.3 is 9.97 Å². The number of anilines is 1. The van der Waals surface area contributed by atoms with E-state index in [0.29, 0.717) is 11.1 Å². The summed E-state index contributed by atoms with van der Waals surface area (Å²) in [5, 5.41) is 26.6. The van der Waals surface area contributed by atoms with Gasteiger partial charge in [-0.15, -0.1) is 5.10 Å². The Morgan fingerprint density at radius 3 is 2.65 bits per heavy atom. The summed E-state index contributed by atoms with van der Waals surface area (Å²) in [6.07, 6.45) is 0.256. The Morgan fingerprint density at radius 2 is 1.96 bits per heavy atom. The lowest BCUT2D eigenvalue weighted by Gasteiger charge is -2.06. The van der Waals surface area contributed by atoms with Crippen LogP contribution in [0.2, 0.25) is 0 Å². The van der Waals surface area contributed by atoms with Crippen molar-refractivity contribution in [3.05, 3.63) is 48.0 Å². The SMILES string of the molecule is O=C(Nc1nn[nH]n1)[C@@H]1Cc2c([N+](=O)[O-])cc3[nH]c(=O)c(=O)[nH]c3c2C1. The molecule has 0 aliphatic heterocycles. The average Bonchev–Trinajstić information content (AvgIpc) is 3.24. The second kappa shape index (κ2) is 5.58. The number of carbonyl (C=O) groups excluding carboxylic acids is 1. The van der Waals surface area contributed by atoms with Gasteiger partial charge in [-0.05, 0) is 23.6 Å². The number of nitro benzene ring substituents is 1. The van der Waals surface area contributed by atoms with E-state index >= 15 is 0 Å². The maximum absolute atomic E-state index is 12.4. The first-order chi connectivity index (χ1) is 12.4. The minimum Gasteiger partial charge on any atom is -0.316 e. The summed E-state index contributed by atoms with van der Waals surface area (Å²) in [4.78, 5) is 51.1. The summed E-state index contributed by atoms with van der Waals surface area (Å²) in [6.45, 7) is 0. The Morgan fingerprint density at radius 1 is 1.23 bits per heavy atom. The third-order valence-electron chi connectivity index (χ3n) is 4.27. The summed E-state index contributed by atoms with van der Waals surface area (Å²) in [5.41, 5.74) is -0.770. The first-order valence-corrected chi connectivity index (χ1v) is 7.44. The molecular weight excluding hydrogens is 348 g/mol. The number of aromatic amines is 3. The monoisotopic (exact) mass is 358 g/mol. The second-order valence-corrected chi connectivity index (χ2v) is 5.77. The molecule has 0 radical (unpaired) electrons. The Bertz CT molecular complexity index is 1160. The molecule has 1 aliphatic rings. The summed E-state index contributed by atoms with van der Waals surface area (Å²) < 4.78 is 0. The van der Waals surface area contributed by atoms with Crippen LogP contribution in [-0.4, -0.2) is 41.4 Å². The van der Waals surface area contributed by atoms with E-state index in [1.165, 1.54) is 6.07 Å². The molecule has 3 aromatic rings. The predicted octanol–water partition coefficient (Wildman–Crippen LogP) is -1.01. The Labute approximate surface area is 142 Å². The van der Waals surface area contributed by atoms with Gasteiger partial charge >= 0.3 is 11.1 Å². The number of amides is 1. The number of fused-ring (bicyclic) bond motifs is 3. The maximum atomic E-state index is 12.4. The highest BCUT2D eigenvalue weighted by molar-refractivity contribution is 5.93. The zero-order valence-electron chi connectivity index (χ0n) is 12.9. The second-order valence-electron chi connectivity index (χ2n) is 5.77. The van der Waals surface area contributed by atoms with Crippen molar-refractivity contribution in [2.75, 3.05) is 5.32 Å². The molecule has 1 amide bonds. The molecule has 1 aromatic carbocycles. The van der Waals surface area contributed by atoms with Crippen molar-refractivity contribution in [1.82, 2.24) is 30.6 Å². The highest BCUT2D eigenvalue weighted by atomic mass is 16.6. The first-order valence-electron chi connectivity index (χ1n) is 7.44. The van der Waals surface area contributed by atoms with E-state index in [1.54, 1.807) is 0 Å². The molecule has 13 heteroatoms. The molecule has 4 N–H and O–H groups in total. The van der Waals surface area contributed by atoms with Crippen LogP contribution in [0.4, 0.5) is 11.6 Å². The lowest BCUT2D eigenvalue weighted by Crippen LogP contribution is -2.29. The van der Waals surface area contributed by atoms with Crippen LogP contribution in [-0.2, 0) is 17.6 Å². The molecule has 0 bridgehead atoms. The number of carbonyl (C=O) groups is 1. The molecule has 4 rings (SSSR count). The van der Waals surface area contributed by atoms with Crippen molar-refractivity contribution in [3.8, 4) is 0 Å². The molecule has 0 fully saturated rings. The summed E-state index contributed by atoms with van der Waals surface area (Å²) in [6, 6.07) is 1.19. The van der Waals surface area contributed by atoms with Crippen LogP contribution in [0.3, 0.4) is 0 Å². The lowest BCUT2D eigenvalue weighted by molar-refractivity contribution is -0.385. The van der Waals surface area contributed by atoms with E-state index in [9.17, 15) is 24.5 Å². The van der Waals surface area contributed by atoms with Crippen molar-refractivity contribution in [2.24, 2.45) is 5.92 Å². The minimum atomic E-state index is -0.906. The Kier molecular flexibility index (Phi) is 3.35. The number of nitrogens with one attached hydrogen (secondary N) is 4. The largest absolute Gasteiger partial charge is 0.316 e. The number of benzene rings is 1. The summed E-state index contributed by atoms with van der Waals surface area (Å²) in [7, 11) is 0. The van der Waals surface area contributed by atoms with Crippen molar-refractivity contribution < 1.29 is 9.72 Å². The molecule has 0 unspecified atom stereocenters. The quantitative estimate of drug-likeness (QED) is 0.260. The van der Waals surface area contributed by atoms with E-state index in [1.807, 2.05) is 0 Å². The molecule has 26 heavy (non-hydrogen) atoms. The number of aromatic nitrogens is 6. The fraction of sp³-hybridized carbons (Fsp3) is 0.231. The number of hydrogen-bond donors (Lipinski definition) is 4. The van der Waals surface area contributed by atoms with Gasteiger partial charge in [0.15, 0.2) is 0 Å². The van der Waals surface area contributed by atoms with Gasteiger partial charge in [0.25, 0.3) is 11.6 Å². The number of rotatable bonds is 3. The number of nitro groups is 1. The molecule has 0 saturated carbocycles. The van der Waals surface area contributed by atoms with Crippen LogP contribution in [0.5, 0.6) is 0 Å². The Hall–Kier alpha value is -3.90. The topological polar surface area (TPSA) is 192 Å². The van der Waals surface area contributed by atoms with Crippen LogP contribution < -0.4 is 16.4 Å². The predicted molar refractivity (Wildman–Crippen MR) is 85.5 cm³/mol. The molecule has 1 aliphatic carbocycles. The molecule has 13 nitrogen and oxygen atoms in total. The van der Waals surface area contributed by atoms with Crippen LogP contribution in [0.1, 0.15) is 11.1 Å². The molecule has 132 valence electrons. The number of nitrogens with zero attached hydrogens (tertiary/aromatic N) is 4. The van der Waals surface area contributed by atoms with Crippen LogP contribution in [0.25, 0.3) is 11.0 Å². The third-order valence-corrected chi connectivity index (χ3v) is 4.27. The molecule has 0 spiro atoms. The Balaban J connectivity index is 1.79. The third kappa shape index (κ3) is 2.42. The van der Waals surface area contributed by atoms with E-state index < -0.39 is 27.9 Å². The van der Waals surface area contributed by atoms with Gasteiger partial charge in [-0.2, -0.15) is 5.21 Å². The van der Waals surface area contributed by atoms with Gasteiger partial charge in [-0.1, -0.05) is 5.10 Å². The van der Waals surface area contributed by atoms with Gasteiger partial charge in [0.1, 0.15) is 0 Å².